The molecule has 1 aromatic heterocycles. The van der Waals surface area contributed by atoms with Gasteiger partial charge in [0, 0.05) is 17.7 Å². The van der Waals surface area contributed by atoms with Crippen molar-refractivity contribution >= 4 is 16.5 Å². The van der Waals surface area contributed by atoms with E-state index in [4.69, 9.17) is 10.5 Å². The first kappa shape index (κ1) is 18.4. The molecule has 150 valence electrons. The van der Waals surface area contributed by atoms with Gasteiger partial charge in [0.05, 0.1) is 22.1 Å². The number of nitrogens with two attached hydrogens (primary N) is 1. The highest BCUT2D eigenvalue weighted by Gasteiger charge is 2.36. The smallest absolute Gasteiger partial charge is 0.270 e. The Balaban J connectivity index is 1.79. The number of benzene rings is 3. The lowest BCUT2D eigenvalue weighted by Gasteiger charge is -2.25. The summed E-state index contributed by atoms with van der Waals surface area (Å²) in [6, 6.07) is 22.1. The van der Waals surface area contributed by atoms with Crippen LogP contribution in [-0.4, -0.2) is 15.1 Å². The van der Waals surface area contributed by atoms with Crippen molar-refractivity contribution in [3.05, 3.63) is 99.4 Å². The van der Waals surface area contributed by atoms with E-state index < -0.39 is 10.8 Å². The van der Waals surface area contributed by atoms with Crippen molar-refractivity contribution in [2.75, 3.05) is 0 Å². The number of hydrogen-bond donors (Lipinski definition) is 2. The normalized spacial score (nSPS) is 15.3. The van der Waals surface area contributed by atoms with Gasteiger partial charge in [-0.2, -0.15) is 5.26 Å². The van der Waals surface area contributed by atoms with E-state index in [0.29, 0.717) is 16.8 Å². The van der Waals surface area contributed by atoms with E-state index in [2.05, 4.69) is 16.3 Å². The van der Waals surface area contributed by atoms with Crippen molar-refractivity contribution in [3.8, 4) is 23.2 Å². The van der Waals surface area contributed by atoms with Crippen molar-refractivity contribution in [2.24, 2.45) is 5.73 Å². The molecular formula is C23H15N5O3. The van der Waals surface area contributed by atoms with E-state index in [1.807, 2.05) is 42.5 Å². The molecule has 0 amide bonds. The Morgan fingerprint density at radius 1 is 1.13 bits per heavy atom. The van der Waals surface area contributed by atoms with Crippen molar-refractivity contribution in [2.45, 2.75) is 5.92 Å². The minimum absolute atomic E-state index is 0.00923. The lowest BCUT2D eigenvalue weighted by atomic mass is 9.81. The molecule has 1 unspecified atom stereocenters. The van der Waals surface area contributed by atoms with E-state index in [-0.39, 0.29) is 23.0 Å². The number of nitro groups is 1. The lowest BCUT2D eigenvalue weighted by Crippen LogP contribution is -2.21. The number of nitro benzene ring substituents is 1. The van der Waals surface area contributed by atoms with Crippen LogP contribution >= 0.6 is 0 Å². The fraction of sp³-hybridized carbons (Fsp3) is 0.0435. The summed E-state index contributed by atoms with van der Waals surface area (Å²) in [7, 11) is 0. The number of non-ortho nitro benzene ring substituents is 1. The van der Waals surface area contributed by atoms with Crippen molar-refractivity contribution < 1.29 is 9.66 Å². The number of H-pyrrole nitrogens is 1. The minimum atomic E-state index is -0.548. The zero-order chi connectivity index (χ0) is 21.5. The van der Waals surface area contributed by atoms with E-state index in [1.165, 1.54) is 12.1 Å². The lowest BCUT2D eigenvalue weighted by molar-refractivity contribution is -0.384. The standard InChI is InChI=1S/C23H15N5O3/c24-12-18-19(17-10-4-6-13-5-1-2-9-16(13)17)20-21(26-27-23(20)31-22(18)25)14-7-3-8-15(11-14)28(29)30/h1-11,19H,25H2,(H,26,27). The van der Waals surface area contributed by atoms with Crippen LogP contribution in [0.2, 0.25) is 0 Å². The van der Waals surface area contributed by atoms with Crippen LogP contribution in [0.5, 0.6) is 5.88 Å². The van der Waals surface area contributed by atoms with E-state index >= 15 is 0 Å². The van der Waals surface area contributed by atoms with Gasteiger partial charge in [-0.1, -0.05) is 54.6 Å². The summed E-state index contributed by atoms with van der Waals surface area (Å²) in [6.45, 7) is 0. The number of nitrogens with one attached hydrogen (secondary N) is 1. The Kier molecular flexibility index (Phi) is 4.15. The Morgan fingerprint density at radius 3 is 2.71 bits per heavy atom. The topological polar surface area (TPSA) is 131 Å². The predicted molar refractivity (Wildman–Crippen MR) is 114 cm³/mol. The molecule has 1 atom stereocenters. The number of aromatic amines is 1. The van der Waals surface area contributed by atoms with Gasteiger partial charge in [0.1, 0.15) is 11.6 Å². The molecule has 5 rings (SSSR count). The summed E-state index contributed by atoms with van der Waals surface area (Å²) >= 11 is 0. The van der Waals surface area contributed by atoms with Crippen LogP contribution in [0.4, 0.5) is 5.69 Å². The first-order chi connectivity index (χ1) is 15.1. The zero-order valence-electron chi connectivity index (χ0n) is 16.1. The van der Waals surface area contributed by atoms with Gasteiger partial charge in [0.2, 0.25) is 11.8 Å². The number of nitriles is 1. The molecule has 0 bridgehead atoms. The van der Waals surface area contributed by atoms with Crippen molar-refractivity contribution in [1.82, 2.24) is 10.2 Å². The summed E-state index contributed by atoms with van der Waals surface area (Å²) in [5.41, 5.74) is 8.88. The highest BCUT2D eigenvalue weighted by atomic mass is 16.6. The van der Waals surface area contributed by atoms with Crippen molar-refractivity contribution in [1.29, 1.82) is 5.26 Å². The maximum atomic E-state index is 11.3. The number of fused-ring (bicyclic) bond motifs is 2. The molecule has 1 aliphatic heterocycles. The average molecular weight is 409 g/mol. The van der Waals surface area contributed by atoms with E-state index in [0.717, 1.165) is 16.3 Å². The van der Waals surface area contributed by atoms with E-state index in [1.54, 1.807) is 12.1 Å². The Hall–Kier alpha value is -4.64. The maximum Gasteiger partial charge on any atom is 0.270 e. The molecule has 0 spiro atoms. The van der Waals surface area contributed by atoms with Crippen LogP contribution in [0.3, 0.4) is 0 Å². The fourth-order valence-corrected chi connectivity index (χ4v) is 4.05. The summed E-state index contributed by atoms with van der Waals surface area (Å²) in [6.07, 6.45) is 0. The molecule has 4 aromatic rings. The molecule has 3 N–H and O–H groups in total. The van der Waals surface area contributed by atoms with Gasteiger partial charge >= 0.3 is 0 Å². The van der Waals surface area contributed by atoms with Gasteiger partial charge in [-0.05, 0) is 16.3 Å². The monoisotopic (exact) mass is 409 g/mol. The number of nitrogens with zero attached hydrogens (tertiary/aromatic N) is 3. The van der Waals surface area contributed by atoms with Gasteiger partial charge in [-0.3, -0.25) is 15.2 Å². The molecule has 0 saturated heterocycles. The third-order valence-corrected chi connectivity index (χ3v) is 5.42. The first-order valence-electron chi connectivity index (χ1n) is 9.47. The number of hydrogen-bond acceptors (Lipinski definition) is 6. The second-order valence-electron chi connectivity index (χ2n) is 7.12. The second kappa shape index (κ2) is 7.00. The molecular weight excluding hydrogens is 394 g/mol. The number of aromatic nitrogens is 2. The predicted octanol–water partition coefficient (Wildman–Crippen LogP) is 4.36. The summed E-state index contributed by atoms with van der Waals surface area (Å²) in [5, 5.41) is 30.3. The molecule has 8 nitrogen and oxygen atoms in total. The average Bonchev–Trinajstić information content (AvgIpc) is 3.21. The SMILES string of the molecule is N#CC1=C(N)Oc2n[nH]c(-c3cccc([N+](=O)[O-])c3)c2C1c1cccc2ccccc12. The molecule has 3 aromatic carbocycles. The molecule has 31 heavy (non-hydrogen) atoms. The Morgan fingerprint density at radius 2 is 1.90 bits per heavy atom. The summed E-state index contributed by atoms with van der Waals surface area (Å²) < 4.78 is 5.64. The van der Waals surface area contributed by atoms with Gasteiger partial charge in [0.25, 0.3) is 5.69 Å². The number of ether oxygens (including phenoxy) is 1. The number of rotatable bonds is 3. The van der Waals surface area contributed by atoms with Gasteiger partial charge in [-0.25, -0.2) is 0 Å². The largest absolute Gasteiger partial charge is 0.420 e. The van der Waals surface area contributed by atoms with Crippen LogP contribution in [0.1, 0.15) is 17.0 Å². The third-order valence-electron chi connectivity index (χ3n) is 5.42. The van der Waals surface area contributed by atoms with Gasteiger partial charge in [0.15, 0.2) is 0 Å². The summed E-state index contributed by atoms with van der Waals surface area (Å²) in [5.74, 6) is -0.311. The maximum absolute atomic E-state index is 11.3. The Bertz CT molecular complexity index is 1430. The third kappa shape index (κ3) is 2.88. The highest BCUT2D eigenvalue weighted by Crippen LogP contribution is 2.47. The van der Waals surface area contributed by atoms with Crippen molar-refractivity contribution in [3.63, 3.8) is 0 Å². The number of allylic oxidation sites excluding steroid dienone is 1. The van der Waals surface area contributed by atoms with E-state index in [9.17, 15) is 15.4 Å². The molecule has 0 aliphatic carbocycles. The Labute approximate surface area is 176 Å². The molecule has 0 radical (unpaired) electrons. The van der Waals surface area contributed by atoms with Crippen LogP contribution < -0.4 is 10.5 Å². The quantitative estimate of drug-likeness (QED) is 0.382. The molecule has 2 heterocycles. The molecule has 0 saturated carbocycles. The second-order valence-corrected chi connectivity index (χ2v) is 7.12. The first-order valence-corrected chi connectivity index (χ1v) is 9.47. The van der Waals surface area contributed by atoms with Crippen LogP contribution in [0.15, 0.2) is 78.2 Å². The minimum Gasteiger partial charge on any atom is -0.420 e. The molecule has 0 fully saturated rings. The highest BCUT2D eigenvalue weighted by molar-refractivity contribution is 5.88. The molecule has 8 heteroatoms. The summed E-state index contributed by atoms with van der Waals surface area (Å²) in [4.78, 5) is 10.8. The van der Waals surface area contributed by atoms with Gasteiger partial charge < -0.3 is 10.5 Å². The molecule has 1 aliphatic rings. The van der Waals surface area contributed by atoms with Crippen LogP contribution in [-0.2, 0) is 0 Å². The van der Waals surface area contributed by atoms with Gasteiger partial charge in [-0.15, -0.1) is 5.10 Å². The zero-order valence-corrected chi connectivity index (χ0v) is 16.1. The fourth-order valence-electron chi connectivity index (χ4n) is 4.05. The van der Waals surface area contributed by atoms with Crippen LogP contribution in [0, 0.1) is 21.4 Å². The van der Waals surface area contributed by atoms with Crippen LogP contribution in [0.25, 0.3) is 22.0 Å².